The molecule has 0 spiro atoms. The lowest BCUT2D eigenvalue weighted by Gasteiger charge is -2.07. The molecule has 1 fully saturated rings. The number of anilines is 1. The molecule has 0 atom stereocenters. The Morgan fingerprint density at radius 3 is 2.47 bits per heavy atom. The molecule has 1 aromatic rings. The van der Waals surface area contributed by atoms with Gasteiger partial charge in [0.05, 0.1) is 13.2 Å². The average Bonchev–Trinajstić information content (AvgIpc) is 3.13. The molecule has 1 N–H and O–H groups in total. The summed E-state index contributed by atoms with van der Waals surface area (Å²) in [5.74, 6) is 1.30. The molecule has 0 amide bonds. The molecule has 1 saturated carbocycles. The largest absolute Gasteiger partial charge is 0.464 e. The van der Waals surface area contributed by atoms with Gasteiger partial charge in [-0.1, -0.05) is 12.8 Å². The van der Waals surface area contributed by atoms with Crippen molar-refractivity contribution in [1.82, 2.24) is 15.0 Å². The Bertz CT molecular complexity index is 368. The third kappa shape index (κ3) is 3.72. The first-order valence-corrected chi connectivity index (χ1v) is 6.01. The Hall–Kier alpha value is -1.59. The summed E-state index contributed by atoms with van der Waals surface area (Å²) in [6.07, 6.45) is 3.73. The number of rotatable bonds is 7. The van der Waals surface area contributed by atoms with Crippen LogP contribution < -0.4 is 14.8 Å². The molecule has 1 aliphatic carbocycles. The molecule has 2 rings (SSSR count). The maximum atomic E-state index is 5.50. The number of aromatic nitrogens is 3. The summed E-state index contributed by atoms with van der Waals surface area (Å²) in [4.78, 5) is 12.3. The molecule has 0 bridgehead atoms. The molecule has 0 saturated heterocycles. The Labute approximate surface area is 101 Å². The molecule has 0 radical (unpaired) electrons. The molecule has 6 nitrogen and oxygen atoms in total. The molecule has 0 aromatic carbocycles. The molecular formula is C11H18N4O2. The maximum Gasteiger partial charge on any atom is 0.324 e. The molecular weight excluding hydrogens is 220 g/mol. The summed E-state index contributed by atoms with van der Waals surface area (Å²) in [6.45, 7) is 3.06. The Morgan fingerprint density at radius 1 is 1.18 bits per heavy atom. The van der Waals surface area contributed by atoms with Crippen molar-refractivity contribution < 1.29 is 9.47 Å². The monoisotopic (exact) mass is 238 g/mol. The lowest BCUT2D eigenvalue weighted by Crippen LogP contribution is -2.08. The second-order valence-corrected chi connectivity index (χ2v) is 3.99. The van der Waals surface area contributed by atoms with Crippen molar-refractivity contribution in [3.05, 3.63) is 0 Å². The van der Waals surface area contributed by atoms with E-state index in [0.29, 0.717) is 31.2 Å². The zero-order valence-corrected chi connectivity index (χ0v) is 10.3. The Kier molecular flexibility index (Phi) is 3.95. The normalized spacial score (nSPS) is 14.5. The third-order valence-electron chi connectivity index (χ3n) is 2.55. The van der Waals surface area contributed by atoms with Gasteiger partial charge in [0.2, 0.25) is 5.95 Å². The van der Waals surface area contributed by atoms with E-state index in [1.165, 1.54) is 12.8 Å². The van der Waals surface area contributed by atoms with Crippen LogP contribution in [0.4, 0.5) is 5.95 Å². The SMILES string of the molecule is CCOc1nc(NC)nc(OCCC2CC2)n1. The van der Waals surface area contributed by atoms with Gasteiger partial charge in [-0.3, -0.25) is 0 Å². The summed E-state index contributed by atoms with van der Waals surface area (Å²) < 4.78 is 10.8. The maximum absolute atomic E-state index is 5.50. The van der Waals surface area contributed by atoms with Crippen LogP contribution in [0.3, 0.4) is 0 Å². The summed E-state index contributed by atoms with van der Waals surface area (Å²) >= 11 is 0. The van der Waals surface area contributed by atoms with Gasteiger partial charge >= 0.3 is 12.0 Å². The lowest BCUT2D eigenvalue weighted by atomic mass is 10.3. The minimum Gasteiger partial charge on any atom is -0.464 e. The highest BCUT2D eigenvalue weighted by molar-refractivity contribution is 5.26. The van der Waals surface area contributed by atoms with Gasteiger partial charge in [-0.15, -0.1) is 4.98 Å². The van der Waals surface area contributed by atoms with Crippen LogP contribution in [0.5, 0.6) is 12.0 Å². The van der Waals surface area contributed by atoms with Crippen LogP contribution in [0, 0.1) is 5.92 Å². The van der Waals surface area contributed by atoms with E-state index in [9.17, 15) is 0 Å². The van der Waals surface area contributed by atoms with Gasteiger partial charge in [-0.05, 0) is 19.3 Å². The molecule has 0 aliphatic heterocycles. The quantitative estimate of drug-likeness (QED) is 0.776. The van der Waals surface area contributed by atoms with Crippen LogP contribution in [0.2, 0.25) is 0 Å². The van der Waals surface area contributed by atoms with Crippen LogP contribution in [0.1, 0.15) is 26.2 Å². The van der Waals surface area contributed by atoms with E-state index in [4.69, 9.17) is 9.47 Å². The molecule has 6 heteroatoms. The van der Waals surface area contributed by atoms with E-state index in [1.807, 2.05) is 6.92 Å². The van der Waals surface area contributed by atoms with Crippen LogP contribution in [0.15, 0.2) is 0 Å². The van der Waals surface area contributed by atoms with E-state index in [2.05, 4.69) is 20.3 Å². The third-order valence-corrected chi connectivity index (χ3v) is 2.55. The number of hydrogen-bond acceptors (Lipinski definition) is 6. The van der Waals surface area contributed by atoms with Crippen molar-refractivity contribution in [1.29, 1.82) is 0 Å². The highest BCUT2D eigenvalue weighted by Gasteiger charge is 2.21. The van der Waals surface area contributed by atoms with E-state index in [1.54, 1.807) is 7.05 Å². The second kappa shape index (κ2) is 5.65. The van der Waals surface area contributed by atoms with Gasteiger partial charge < -0.3 is 14.8 Å². The summed E-state index contributed by atoms with van der Waals surface area (Å²) in [5, 5.41) is 2.86. The molecule has 1 heterocycles. The first-order valence-electron chi connectivity index (χ1n) is 6.01. The minimum absolute atomic E-state index is 0.299. The molecule has 1 aliphatic rings. The van der Waals surface area contributed by atoms with Gasteiger partial charge in [-0.2, -0.15) is 9.97 Å². The first kappa shape index (κ1) is 11.9. The van der Waals surface area contributed by atoms with Crippen molar-refractivity contribution in [2.75, 3.05) is 25.6 Å². The topological polar surface area (TPSA) is 69.2 Å². The number of nitrogens with one attached hydrogen (secondary N) is 1. The van der Waals surface area contributed by atoms with E-state index in [-0.39, 0.29) is 0 Å². The fourth-order valence-corrected chi connectivity index (χ4v) is 1.43. The second-order valence-electron chi connectivity index (χ2n) is 3.99. The number of hydrogen-bond donors (Lipinski definition) is 1. The standard InChI is InChI=1S/C11H18N4O2/c1-3-16-10-13-9(12-2)14-11(15-10)17-7-6-8-4-5-8/h8H,3-7H2,1-2H3,(H,12,13,14,15). The molecule has 1 aromatic heterocycles. The summed E-state index contributed by atoms with van der Waals surface area (Å²) in [5.41, 5.74) is 0. The summed E-state index contributed by atoms with van der Waals surface area (Å²) in [7, 11) is 1.75. The van der Waals surface area contributed by atoms with E-state index >= 15 is 0 Å². The fraction of sp³-hybridized carbons (Fsp3) is 0.727. The van der Waals surface area contributed by atoms with Gasteiger partial charge in [-0.25, -0.2) is 0 Å². The predicted molar refractivity (Wildman–Crippen MR) is 63.4 cm³/mol. The van der Waals surface area contributed by atoms with E-state index in [0.717, 1.165) is 12.3 Å². The predicted octanol–water partition coefficient (Wildman–Crippen LogP) is 1.49. The Balaban J connectivity index is 1.94. The zero-order chi connectivity index (χ0) is 12.1. The van der Waals surface area contributed by atoms with Crippen LogP contribution in [-0.2, 0) is 0 Å². The molecule has 0 unspecified atom stereocenters. The molecule has 94 valence electrons. The van der Waals surface area contributed by atoms with Gasteiger partial charge in [0.15, 0.2) is 0 Å². The van der Waals surface area contributed by atoms with Crippen LogP contribution >= 0.6 is 0 Å². The van der Waals surface area contributed by atoms with Gasteiger partial charge in [0.25, 0.3) is 0 Å². The smallest absolute Gasteiger partial charge is 0.324 e. The van der Waals surface area contributed by atoms with E-state index < -0.39 is 0 Å². The lowest BCUT2D eigenvalue weighted by molar-refractivity contribution is 0.262. The number of nitrogens with zero attached hydrogens (tertiary/aromatic N) is 3. The van der Waals surface area contributed by atoms with Gasteiger partial charge in [0, 0.05) is 7.05 Å². The van der Waals surface area contributed by atoms with Crippen molar-refractivity contribution in [2.24, 2.45) is 5.92 Å². The Morgan fingerprint density at radius 2 is 1.88 bits per heavy atom. The van der Waals surface area contributed by atoms with Gasteiger partial charge in [0.1, 0.15) is 0 Å². The highest BCUT2D eigenvalue weighted by atomic mass is 16.5. The molecule has 17 heavy (non-hydrogen) atoms. The van der Waals surface area contributed by atoms with Crippen molar-refractivity contribution in [2.45, 2.75) is 26.2 Å². The van der Waals surface area contributed by atoms with Crippen molar-refractivity contribution in [3.8, 4) is 12.0 Å². The van der Waals surface area contributed by atoms with Crippen molar-refractivity contribution >= 4 is 5.95 Å². The van der Waals surface area contributed by atoms with Crippen molar-refractivity contribution in [3.63, 3.8) is 0 Å². The minimum atomic E-state index is 0.299. The highest BCUT2D eigenvalue weighted by Crippen LogP contribution is 2.32. The number of ether oxygens (including phenoxy) is 2. The zero-order valence-electron chi connectivity index (χ0n) is 10.3. The fourth-order valence-electron chi connectivity index (χ4n) is 1.43. The van der Waals surface area contributed by atoms with Crippen LogP contribution in [-0.4, -0.2) is 35.2 Å². The van der Waals surface area contributed by atoms with Crippen LogP contribution in [0.25, 0.3) is 0 Å². The summed E-state index contributed by atoms with van der Waals surface area (Å²) in [6, 6.07) is 0.627. The average molecular weight is 238 g/mol. The first-order chi connectivity index (χ1) is 8.31.